The lowest BCUT2D eigenvalue weighted by Crippen LogP contribution is -2.40. The molecule has 0 unspecified atom stereocenters. The third-order valence-corrected chi connectivity index (χ3v) is 4.45. The first-order valence-corrected chi connectivity index (χ1v) is 9.56. The highest BCUT2D eigenvalue weighted by Crippen LogP contribution is 2.09. The quantitative estimate of drug-likeness (QED) is 0.256. The van der Waals surface area contributed by atoms with E-state index in [1.165, 1.54) is 11.1 Å². The van der Waals surface area contributed by atoms with Gasteiger partial charge in [-0.1, -0.05) is 44.5 Å². The van der Waals surface area contributed by atoms with Crippen molar-refractivity contribution in [1.29, 1.82) is 0 Å². The summed E-state index contributed by atoms with van der Waals surface area (Å²) >= 11 is 0. The smallest absolute Gasteiger partial charge is 0.194 e. The molecule has 0 saturated carbocycles. The standard InChI is InChI=1S/C20H32N6.HI/c1-5-7-12-21-20(22-13-14-26-16-23-24-19(26)6-2)25(4)15-18-11-9-8-10-17(18)3;/h8-11,16H,5-7,12-15H2,1-4H3,(H,21,22);1H. The van der Waals surface area contributed by atoms with Crippen LogP contribution < -0.4 is 5.32 Å². The van der Waals surface area contributed by atoms with Gasteiger partial charge in [0.1, 0.15) is 12.2 Å². The average Bonchev–Trinajstić information content (AvgIpc) is 3.10. The normalized spacial score (nSPS) is 11.2. The molecule has 0 atom stereocenters. The third-order valence-electron chi connectivity index (χ3n) is 4.45. The Labute approximate surface area is 180 Å². The molecule has 27 heavy (non-hydrogen) atoms. The van der Waals surface area contributed by atoms with Crippen LogP contribution in [0.2, 0.25) is 0 Å². The lowest BCUT2D eigenvalue weighted by molar-refractivity contribution is 0.469. The van der Waals surface area contributed by atoms with Crippen LogP contribution in [-0.2, 0) is 19.5 Å². The predicted molar refractivity (Wildman–Crippen MR) is 123 cm³/mol. The maximum absolute atomic E-state index is 4.79. The van der Waals surface area contributed by atoms with Crippen molar-refractivity contribution in [3.63, 3.8) is 0 Å². The monoisotopic (exact) mass is 484 g/mol. The Morgan fingerprint density at radius 1 is 1.26 bits per heavy atom. The molecule has 0 bridgehead atoms. The Balaban J connectivity index is 0.00000364. The van der Waals surface area contributed by atoms with E-state index in [0.717, 1.165) is 57.2 Å². The third kappa shape index (κ3) is 7.48. The van der Waals surface area contributed by atoms with Crippen molar-refractivity contribution >= 4 is 29.9 Å². The number of guanidine groups is 1. The predicted octanol–water partition coefficient (Wildman–Crippen LogP) is 3.64. The number of nitrogens with one attached hydrogen (secondary N) is 1. The van der Waals surface area contributed by atoms with Crippen molar-refractivity contribution in [3.05, 3.63) is 47.5 Å². The summed E-state index contributed by atoms with van der Waals surface area (Å²) in [5, 5.41) is 11.6. The highest BCUT2D eigenvalue weighted by Gasteiger charge is 2.09. The summed E-state index contributed by atoms with van der Waals surface area (Å²) in [6.07, 6.45) is 4.95. The molecule has 6 nitrogen and oxygen atoms in total. The topological polar surface area (TPSA) is 58.3 Å². The zero-order valence-corrected chi connectivity index (χ0v) is 19.3. The molecule has 1 heterocycles. The van der Waals surface area contributed by atoms with Gasteiger partial charge in [0, 0.05) is 39.6 Å². The molecule has 2 rings (SSSR count). The van der Waals surface area contributed by atoms with Gasteiger partial charge in [-0.2, -0.15) is 0 Å². The van der Waals surface area contributed by atoms with Gasteiger partial charge in [0.15, 0.2) is 5.96 Å². The van der Waals surface area contributed by atoms with Crippen LogP contribution in [0.1, 0.15) is 43.6 Å². The zero-order valence-electron chi connectivity index (χ0n) is 17.0. The van der Waals surface area contributed by atoms with Crippen molar-refractivity contribution in [2.24, 2.45) is 4.99 Å². The molecular weight excluding hydrogens is 451 g/mol. The number of unbranched alkanes of at least 4 members (excludes halogenated alkanes) is 1. The van der Waals surface area contributed by atoms with E-state index in [9.17, 15) is 0 Å². The van der Waals surface area contributed by atoms with Gasteiger partial charge in [-0.25, -0.2) is 0 Å². The first-order chi connectivity index (χ1) is 12.7. The first-order valence-electron chi connectivity index (χ1n) is 9.56. The summed E-state index contributed by atoms with van der Waals surface area (Å²) < 4.78 is 2.10. The van der Waals surface area contributed by atoms with E-state index in [4.69, 9.17) is 4.99 Å². The van der Waals surface area contributed by atoms with Crippen LogP contribution >= 0.6 is 24.0 Å². The minimum atomic E-state index is 0. The Morgan fingerprint density at radius 3 is 2.74 bits per heavy atom. The van der Waals surface area contributed by atoms with Crippen molar-refractivity contribution in [2.75, 3.05) is 20.1 Å². The molecule has 0 aliphatic rings. The van der Waals surface area contributed by atoms with E-state index in [1.807, 2.05) is 0 Å². The molecule has 1 aromatic heterocycles. The lowest BCUT2D eigenvalue weighted by Gasteiger charge is -2.23. The second-order valence-electron chi connectivity index (χ2n) is 6.56. The van der Waals surface area contributed by atoms with Crippen LogP contribution in [0.4, 0.5) is 0 Å². The minimum absolute atomic E-state index is 0. The van der Waals surface area contributed by atoms with E-state index in [-0.39, 0.29) is 24.0 Å². The molecule has 150 valence electrons. The second-order valence-corrected chi connectivity index (χ2v) is 6.56. The number of nitrogens with zero attached hydrogens (tertiary/aromatic N) is 5. The van der Waals surface area contributed by atoms with Crippen LogP contribution in [-0.4, -0.2) is 45.8 Å². The SMILES string of the molecule is CCCCN=C(NCCn1cnnc1CC)N(C)Cc1ccccc1C.I. The lowest BCUT2D eigenvalue weighted by atomic mass is 10.1. The molecule has 0 fully saturated rings. The first kappa shape index (κ1) is 23.4. The van der Waals surface area contributed by atoms with Gasteiger partial charge in [-0.3, -0.25) is 4.99 Å². The molecule has 1 N–H and O–H groups in total. The highest BCUT2D eigenvalue weighted by molar-refractivity contribution is 14.0. The summed E-state index contributed by atoms with van der Waals surface area (Å²) in [6.45, 7) is 9.78. The average molecular weight is 484 g/mol. The maximum atomic E-state index is 4.79. The van der Waals surface area contributed by atoms with Crippen molar-refractivity contribution in [2.45, 2.75) is 53.1 Å². The molecule has 2 aromatic rings. The molecule has 0 aliphatic heterocycles. The molecule has 1 aromatic carbocycles. The van der Waals surface area contributed by atoms with Crippen molar-refractivity contribution < 1.29 is 0 Å². The van der Waals surface area contributed by atoms with E-state index in [0.29, 0.717) is 0 Å². The fourth-order valence-electron chi connectivity index (χ4n) is 2.80. The Kier molecular flexibility index (Phi) is 11.0. The minimum Gasteiger partial charge on any atom is -0.354 e. The maximum Gasteiger partial charge on any atom is 0.194 e. The summed E-state index contributed by atoms with van der Waals surface area (Å²) in [7, 11) is 2.10. The molecule has 0 amide bonds. The number of benzene rings is 1. The van der Waals surface area contributed by atoms with E-state index >= 15 is 0 Å². The number of rotatable bonds is 9. The van der Waals surface area contributed by atoms with Gasteiger partial charge in [-0.15, -0.1) is 34.2 Å². The van der Waals surface area contributed by atoms with E-state index in [2.05, 4.69) is 77.1 Å². The van der Waals surface area contributed by atoms with Crippen LogP contribution in [0.25, 0.3) is 0 Å². The van der Waals surface area contributed by atoms with Crippen LogP contribution in [0.3, 0.4) is 0 Å². The van der Waals surface area contributed by atoms with Crippen LogP contribution in [0.5, 0.6) is 0 Å². The molecule has 0 spiro atoms. The summed E-state index contributed by atoms with van der Waals surface area (Å²) in [6, 6.07) is 8.51. The van der Waals surface area contributed by atoms with E-state index in [1.54, 1.807) is 6.33 Å². The highest BCUT2D eigenvalue weighted by atomic mass is 127. The number of hydrogen-bond donors (Lipinski definition) is 1. The molecule has 0 aliphatic carbocycles. The van der Waals surface area contributed by atoms with Gasteiger partial charge < -0.3 is 14.8 Å². The van der Waals surface area contributed by atoms with Gasteiger partial charge in [-0.05, 0) is 24.5 Å². The number of hydrogen-bond acceptors (Lipinski definition) is 3. The number of aromatic nitrogens is 3. The van der Waals surface area contributed by atoms with Crippen LogP contribution in [0.15, 0.2) is 35.6 Å². The second kappa shape index (κ2) is 12.7. The Bertz CT molecular complexity index is 697. The molecular formula is C20H33IN6. The number of aryl methyl sites for hydroxylation is 2. The molecule has 7 heteroatoms. The largest absolute Gasteiger partial charge is 0.354 e. The Hall–Kier alpha value is -1.64. The molecule has 0 radical (unpaired) electrons. The fourth-order valence-corrected chi connectivity index (χ4v) is 2.80. The summed E-state index contributed by atoms with van der Waals surface area (Å²) in [4.78, 5) is 6.99. The number of aliphatic imine (C=N–C) groups is 1. The van der Waals surface area contributed by atoms with Crippen LogP contribution in [0, 0.1) is 6.92 Å². The number of halogens is 1. The fraction of sp³-hybridized carbons (Fsp3) is 0.550. The summed E-state index contributed by atoms with van der Waals surface area (Å²) in [5.41, 5.74) is 2.64. The van der Waals surface area contributed by atoms with Gasteiger partial charge in [0.2, 0.25) is 0 Å². The van der Waals surface area contributed by atoms with Crippen molar-refractivity contribution in [3.8, 4) is 0 Å². The van der Waals surface area contributed by atoms with Gasteiger partial charge >= 0.3 is 0 Å². The Morgan fingerprint density at radius 2 is 2.04 bits per heavy atom. The van der Waals surface area contributed by atoms with E-state index < -0.39 is 0 Å². The zero-order chi connectivity index (χ0) is 18.8. The van der Waals surface area contributed by atoms with Crippen molar-refractivity contribution in [1.82, 2.24) is 25.0 Å². The van der Waals surface area contributed by atoms with Gasteiger partial charge in [0.05, 0.1) is 0 Å². The van der Waals surface area contributed by atoms with Gasteiger partial charge in [0.25, 0.3) is 0 Å². The molecule has 0 saturated heterocycles. The summed E-state index contributed by atoms with van der Waals surface area (Å²) in [5.74, 6) is 1.97.